The Balaban J connectivity index is 1.49. The lowest BCUT2D eigenvalue weighted by Crippen LogP contribution is -2.43. The van der Waals surface area contributed by atoms with Gasteiger partial charge in [-0.1, -0.05) is 0 Å². The van der Waals surface area contributed by atoms with Gasteiger partial charge in [0.1, 0.15) is 16.5 Å². The summed E-state index contributed by atoms with van der Waals surface area (Å²) in [5.41, 5.74) is 0. The van der Waals surface area contributed by atoms with Gasteiger partial charge in [0.05, 0.1) is 0 Å². The molecule has 28 heavy (non-hydrogen) atoms. The van der Waals surface area contributed by atoms with Gasteiger partial charge in [0, 0.05) is 44.5 Å². The van der Waals surface area contributed by atoms with Crippen LogP contribution in [-0.4, -0.2) is 48.0 Å². The quantitative estimate of drug-likeness (QED) is 0.703. The van der Waals surface area contributed by atoms with Crippen LogP contribution in [0, 0.1) is 17.6 Å². The van der Waals surface area contributed by atoms with Gasteiger partial charge >= 0.3 is 0 Å². The number of carbonyl (C=O) groups excluding carboxylic acids is 1. The standard InChI is InChI=1S/C18H22F2N4O3S/c19-15-3-4-16(20)17(13-15)28(26,27)24-11-5-14(6-12-24)18(25)21-7-1-9-23-10-2-8-22-23/h2-4,8,10,13-14H,1,5-7,9,11-12H2,(H,21,25). The normalized spacial score (nSPS) is 16.2. The molecule has 1 aliphatic rings. The maximum Gasteiger partial charge on any atom is 0.246 e. The van der Waals surface area contributed by atoms with Crippen LogP contribution in [0.4, 0.5) is 8.78 Å². The Kier molecular flexibility index (Phi) is 6.40. The van der Waals surface area contributed by atoms with E-state index in [1.54, 1.807) is 10.9 Å². The molecule has 7 nitrogen and oxygen atoms in total. The first-order valence-electron chi connectivity index (χ1n) is 9.08. The number of hydrogen-bond acceptors (Lipinski definition) is 4. The fourth-order valence-electron chi connectivity index (χ4n) is 3.20. The summed E-state index contributed by atoms with van der Waals surface area (Å²) in [4.78, 5) is 11.6. The smallest absolute Gasteiger partial charge is 0.246 e. The lowest BCUT2D eigenvalue weighted by atomic mass is 9.97. The zero-order valence-corrected chi connectivity index (χ0v) is 16.0. The van der Waals surface area contributed by atoms with Gasteiger partial charge in [-0.3, -0.25) is 9.48 Å². The summed E-state index contributed by atoms with van der Waals surface area (Å²) in [5, 5.41) is 6.94. The highest BCUT2D eigenvalue weighted by atomic mass is 32.2. The summed E-state index contributed by atoms with van der Waals surface area (Å²) >= 11 is 0. The molecule has 0 aliphatic carbocycles. The fraction of sp³-hybridized carbons (Fsp3) is 0.444. The molecule has 2 aromatic rings. The predicted octanol–water partition coefficient (Wildman–Crippen LogP) is 1.77. The van der Waals surface area contributed by atoms with E-state index in [0.717, 1.165) is 22.9 Å². The molecule has 0 unspecified atom stereocenters. The molecule has 3 rings (SSSR count). The molecule has 10 heteroatoms. The number of halogens is 2. The number of amides is 1. The first-order valence-corrected chi connectivity index (χ1v) is 10.5. The van der Waals surface area contributed by atoms with Crippen molar-refractivity contribution >= 4 is 15.9 Å². The van der Waals surface area contributed by atoms with Crippen LogP contribution in [0.3, 0.4) is 0 Å². The SMILES string of the molecule is O=C(NCCCn1cccn1)C1CCN(S(=O)(=O)c2cc(F)ccc2F)CC1. The molecule has 1 aliphatic heterocycles. The minimum absolute atomic E-state index is 0.0870. The van der Waals surface area contributed by atoms with Gasteiger partial charge in [-0.2, -0.15) is 9.40 Å². The molecule has 1 saturated heterocycles. The molecule has 1 amide bonds. The average molecular weight is 412 g/mol. The second-order valence-corrected chi connectivity index (χ2v) is 8.57. The maximum atomic E-state index is 13.9. The lowest BCUT2D eigenvalue weighted by Gasteiger charge is -2.30. The van der Waals surface area contributed by atoms with E-state index in [-0.39, 0.29) is 24.9 Å². The minimum atomic E-state index is -4.13. The number of carbonyl (C=O) groups is 1. The number of sulfonamides is 1. The van der Waals surface area contributed by atoms with Gasteiger partial charge in [0.25, 0.3) is 0 Å². The summed E-state index contributed by atoms with van der Waals surface area (Å²) in [5.74, 6) is -2.22. The highest BCUT2D eigenvalue weighted by Crippen LogP contribution is 2.26. The van der Waals surface area contributed by atoms with Crippen LogP contribution in [0.5, 0.6) is 0 Å². The van der Waals surface area contributed by atoms with Crippen molar-refractivity contribution in [3.63, 3.8) is 0 Å². The highest BCUT2D eigenvalue weighted by Gasteiger charge is 2.33. The van der Waals surface area contributed by atoms with E-state index in [1.807, 2.05) is 12.3 Å². The molecular formula is C18H22F2N4O3S. The molecule has 152 valence electrons. The predicted molar refractivity (Wildman–Crippen MR) is 97.7 cm³/mol. The van der Waals surface area contributed by atoms with Crippen molar-refractivity contribution in [3.8, 4) is 0 Å². The summed E-state index contributed by atoms with van der Waals surface area (Å²) in [6.07, 6.45) is 4.94. The number of rotatable bonds is 7. The molecular weight excluding hydrogens is 390 g/mol. The molecule has 1 N–H and O–H groups in total. The number of nitrogens with one attached hydrogen (secondary N) is 1. The van der Waals surface area contributed by atoms with Crippen LogP contribution < -0.4 is 5.32 Å². The second-order valence-electron chi connectivity index (χ2n) is 6.67. The first kappa shape index (κ1) is 20.4. The van der Waals surface area contributed by atoms with Gasteiger partial charge in [-0.15, -0.1) is 0 Å². The van der Waals surface area contributed by atoms with Crippen LogP contribution in [0.25, 0.3) is 0 Å². The van der Waals surface area contributed by atoms with Crippen molar-refractivity contribution in [2.45, 2.75) is 30.7 Å². The van der Waals surface area contributed by atoms with E-state index >= 15 is 0 Å². The second kappa shape index (κ2) is 8.78. The molecule has 0 bridgehead atoms. The third kappa shape index (κ3) is 4.74. The third-order valence-electron chi connectivity index (χ3n) is 4.76. The molecule has 0 radical (unpaired) electrons. The van der Waals surface area contributed by atoms with Crippen LogP contribution in [0.2, 0.25) is 0 Å². The summed E-state index contributed by atoms with van der Waals surface area (Å²) in [6.45, 7) is 1.38. The largest absolute Gasteiger partial charge is 0.356 e. The van der Waals surface area contributed by atoms with Crippen molar-refractivity contribution in [2.24, 2.45) is 5.92 Å². The number of piperidine rings is 1. The van der Waals surface area contributed by atoms with Gasteiger partial charge in [-0.25, -0.2) is 17.2 Å². The topological polar surface area (TPSA) is 84.3 Å². The monoisotopic (exact) mass is 412 g/mol. The third-order valence-corrected chi connectivity index (χ3v) is 6.67. The Hall–Kier alpha value is -2.33. The van der Waals surface area contributed by atoms with Crippen molar-refractivity contribution in [3.05, 3.63) is 48.3 Å². The Labute approximate surface area is 162 Å². The van der Waals surface area contributed by atoms with Crippen LogP contribution in [-0.2, 0) is 21.4 Å². The van der Waals surface area contributed by atoms with E-state index in [9.17, 15) is 22.0 Å². The lowest BCUT2D eigenvalue weighted by molar-refractivity contribution is -0.126. The number of aryl methyl sites for hydroxylation is 1. The molecule has 0 saturated carbocycles. The van der Waals surface area contributed by atoms with E-state index in [1.165, 1.54) is 0 Å². The first-order chi connectivity index (χ1) is 13.4. The molecule has 1 aromatic carbocycles. The van der Waals surface area contributed by atoms with Crippen LogP contribution in [0.1, 0.15) is 19.3 Å². The minimum Gasteiger partial charge on any atom is -0.356 e. The molecule has 2 heterocycles. The molecule has 0 spiro atoms. The Morgan fingerprint density at radius 1 is 1.25 bits per heavy atom. The molecule has 0 atom stereocenters. The van der Waals surface area contributed by atoms with Crippen molar-refractivity contribution < 1.29 is 22.0 Å². The Morgan fingerprint density at radius 2 is 2.00 bits per heavy atom. The van der Waals surface area contributed by atoms with Crippen LogP contribution >= 0.6 is 0 Å². The van der Waals surface area contributed by atoms with E-state index in [4.69, 9.17) is 0 Å². The number of benzene rings is 1. The molecule has 1 aromatic heterocycles. The summed E-state index contributed by atoms with van der Waals surface area (Å²) < 4.78 is 55.2. The van der Waals surface area contributed by atoms with Gasteiger partial charge in [0.2, 0.25) is 15.9 Å². The Morgan fingerprint density at radius 3 is 2.68 bits per heavy atom. The zero-order chi connectivity index (χ0) is 20.1. The van der Waals surface area contributed by atoms with Crippen LogP contribution in [0.15, 0.2) is 41.6 Å². The average Bonchev–Trinajstić information content (AvgIpc) is 3.20. The highest BCUT2D eigenvalue weighted by molar-refractivity contribution is 7.89. The van der Waals surface area contributed by atoms with Crippen molar-refractivity contribution in [1.82, 2.24) is 19.4 Å². The maximum absolute atomic E-state index is 13.9. The Bertz CT molecular complexity index is 911. The summed E-state index contributed by atoms with van der Waals surface area (Å²) in [7, 11) is -4.13. The van der Waals surface area contributed by atoms with Crippen molar-refractivity contribution in [2.75, 3.05) is 19.6 Å². The number of nitrogens with zero attached hydrogens (tertiary/aromatic N) is 3. The van der Waals surface area contributed by atoms with E-state index in [0.29, 0.717) is 32.0 Å². The summed E-state index contributed by atoms with van der Waals surface area (Å²) in [6, 6.07) is 4.18. The van der Waals surface area contributed by atoms with Gasteiger partial charge in [-0.05, 0) is 43.5 Å². The van der Waals surface area contributed by atoms with Crippen molar-refractivity contribution in [1.29, 1.82) is 0 Å². The van der Waals surface area contributed by atoms with Gasteiger partial charge in [0.15, 0.2) is 0 Å². The van der Waals surface area contributed by atoms with Gasteiger partial charge < -0.3 is 5.32 Å². The zero-order valence-electron chi connectivity index (χ0n) is 15.2. The number of aromatic nitrogens is 2. The molecule has 1 fully saturated rings. The number of hydrogen-bond donors (Lipinski definition) is 1. The fourth-order valence-corrected chi connectivity index (χ4v) is 4.75. The van der Waals surface area contributed by atoms with E-state index < -0.39 is 26.6 Å². The van der Waals surface area contributed by atoms with E-state index in [2.05, 4.69) is 10.4 Å².